The highest BCUT2D eigenvalue weighted by Gasteiger charge is 2.70. The van der Waals surface area contributed by atoms with Crippen LogP contribution >= 0.6 is 0 Å². The van der Waals surface area contributed by atoms with Gasteiger partial charge in [-0.2, -0.15) is 13.2 Å². The van der Waals surface area contributed by atoms with E-state index in [2.05, 4.69) is 41.5 Å². The maximum absolute atomic E-state index is 14.3. The fourth-order valence-corrected chi connectivity index (χ4v) is 10.5. The Bertz CT molecular complexity index is 1140. The van der Waals surface area contributed by atoms with E-state index >= 15 is 0 Å². The van der Waals surface area contributed by atoms with Crippen LogP contribution in [0.25, 0.3) is 0 Å². The Kier molecular flexibility index (Phi) is 6.24. The van der Waals surface area contributed by atoms with Gasteiger partial charge in [0.1, 0.15) is 5.78 Å². The quantitative estimate of drug-likeness (QED) is 0.332. The molecule has 5 aliphatic rings. The zero-order chi connectivity index (χ0) is 29.0. The third-order valence-corrected chi connectivity index (χ3v) is 13.2. The topological polar surface area (TPSA) is 60.4 Å². The molecule has 0 aromatic carbocycles. The molecule has 4 saturated carbocycles. The SMILES string of the molecule is CC12CC[C@](C)(C(=O)OCC(F)(F)F)C[C@H]1C1=CC(=O)[C@@H]3[C@@]4(C)CCC(=O)C(C)(C)[C@@H]4CC[C@@]3(C)[C@]1(C)CC2. The first-order valence-corrected chi connectivity index (χ1v) is 14.8. The van der Waals surface area contributed by atoms with Crippen molar-refractivity contribution in [2.45, 2.75) is 112 Å². The number of ketones is 2. The molecule has 0 spiro atoms. The second-order valence-corrected chi connectivity index (χ2v) is 15.6. The highest BCUT2D eigenvalue weighted by atomic mass is 19.4. The van der Waals surface area contributed by atoms with Crippen LogP contribution in [0.15, 0.2) is 11.6 Å². The molecule has 0 bridgehead atoms. The van der Waals surface area contributed by atoms with Crippen LogP contribution in [0.3, 0.4) is 0 Å². The third kappa shape index (κ3) is 3.94. The van der Waals surface area contributed by atoms with Crippen molar-refractivity contribution in [2.24, 2.45) is 50.2 Å². The summed E-state index contributed by atoms with van der Waals surface area (Å²) in [5, 5.41) is 0. The van der Waals surface area contributed by atoms with Gasteiger partial charge in [0.2, 0.25) is 0 Å². The number of hydrogen-bond acceptors (Lipinski definition) is 4. The second-order valence-electron chi connectivity index (χ2n) is 15.6. The Morgan fingerprint density at radius 2 is 1.59 bits per heavy atom. The number of carbonyl (C=O) groups is 3. The number of Topliss-reactive ketones (excluding diaryl/α,β-unsaturated/α-hetero) is 1. The highest BCUT2D eigenvalue weighted by Crippen LogP contribution is 2.74. The van der Waals surface area contributed by atoms with Gasteiger partial charge in [-0.15, -0.1) is 0 Å². The number of fused-ring (bicyclic) bond motifs is 7. The minimum Gasteiger partial charge on any atom is -0.456 e. The van der Waals surface area contributed by atoms with Crippen LogP contribution in [0.5, 0.6) is 0 Å². The molecule has 0 aromatic rings. The van der Waals surface area contributed by atoms with Crippen LogP contribution in [0.4, 0.5) is 13.2 Å². The van der Waals surface area contributed by atoms with E-state index in [0.29, 0.717) is 31.5 Å². The predicted molar refractivity (Wildman–Crippen MR) is 141 cm³/mol. The molecule has 5 aliphatic carbocycles. The van der Waals surface area contributed by atoms with Crippen LogP contribution in [0.1, 0.15) is 106 Å². The number of hydrogen-bond donors (Lipinski definition) is 0. The first kappa shape index (κ1) is 28.9. The number of alkyl halides is 3. The maximum atomic E-state index is 14.3. The van der Waals surface area contributed by atoms with Gasteiger partial charge in [-0.05, 0) is 97.9 Å². The van der Waals surface area contributed by atoms with Crippen molar-refractivity contribution < 1.29 is 32.3 Å². The molecule has 8 atom stereocenters. The number of esters is 1. The zero-order valence-corrected chi connectivity index (χ0v) is 24.6. The van der Waals surface area contributed by atoms with Crippen LogP contribution in [0.2, 0.25) is 0 Å². The minimum atomic E-state index is -4.56. The molecule has 0 aromatic heterocycles. The highest BCUT2D eigenvalue weighted by molar-refractivity contribution is 5.96. The van der Waals surface area contributed by atoms with Crippen LogP contribution in [-0.4, -0.2) is 30.3 Å². The van der Waals surface area contributed by atoms with Crippen molar-refractivity contribution in [1.29, 1.82) is 0 Å². The summed E-state index contributed by atoms with van der Waals surface area (Å²) in [6, 6.07) is 0. The Morgan fingerprint density at radius 1 is 0.949 bits per heavy atom. The first-order valence-electron chi connectivity index (χ1n) is 14.8. The summed E-state index contributed by atoms with van der Waals surface area (Å²) >= 11 is 0. The number of carbonyl (C=O) groups excluding carboxylic acids is 3. The molecule has 0 radical (unpaired) electrons. The largest absolute Gasteiger partial charge is 0.456 e. The van der Waals surface area contributed by atoms with Gasteiger partial charge < -0.3 is 4.74 Å². The summed E-state index contributed by atoms with van der Waals surface area (Å²) in [5.41, 5.74) is -1.30. The first-order chi connectivity index (χ1) is 17.7. The molecule has 39 heavy (non-hydrogen) atoms. The van der Waals surface area contributed by atoms with Crippen molar-refractivity contribution in [3.63, 3.8) is 0 Å². The van der Waals surface area contributed by atoms with E-state index in [-0.39, 0.29) is 45.2 Å². The Morgan fingerprint density at radius 3 is 2.23 bits per heavy atom. The summed E-state index contributed by atoms with van der Waals surface area (Å²) in [4.78, 5) is 40.2. The number of allylic oxidation sites excluding steroid dienone is 2. The molecule has 1 unspecified atom stereocenters. The van der Waals surface area contributed by atoms with E-state index in [1.165, 1.54) is 0 Å². The van der Waals surface area contributed by atoms with Gasteiger partial charge in [-0.25, -0.2) is 0 Å². The fourth-order valence-electron chi connectivity index (χ4n) is 10.5. The van der Waals surface area contributed by atoms with E-state index in [1.54, 1.807) is 6.92 Å². The lowest BCUT2D eigenvalue weighted by Crippen LogP contribution is -2.66. The summed E-state index contributed by atoms with van der Waals surface area (Å²) in [7, 11) is 0. The molecule has 5 rings (SSSR count). The second kappa shape index (κ2) is 8.44. The Hall–Kier alpha value is -1.66. The molecule has 0 saturated heterocycles. The summed E-state index contributed by atoms with van der Waals surface area (Å²) in [6.07, 6.45) is 3.84. The molecule has 0 aliphatic heterocycles. The van der Waals surface area contributed by atoms with Gasteiger partial charge in [-0.1, -0.05) is 47.1 Å². The van der Waals surface area contributed by atoms with Gasteiger partial charge in [0.25, 0.3) is 0 Å². The monoisotopic (exact) mass is 550 g/mol. The standard InChI is InChI=1S/C32H45F3O4/c1-26(2)22-8-11-31(7)24(29(22,5)10-9-23(26)37)21(36)16-19-20-17-28(4,25(38)39-18-32(33,34)35)13-12-27(20,3)14-15-30(19,31)6/h16,20,22,24H,8-15,17-18H2,1-7H3/t20-,22-,24+,27?,28-,29-,30+,31+/m0/s1. The van der Waals surface area contributed by atoms with Gasteiger partial charge in [0.15, 0.2) is 12.4 Å². The smallest absolute Gasteiger partial charge is 0.422 e. The average molecular weight is 551 g/mol. The summed E-state index contributed by atoms with van der Waals surface area (Å²) in [6.45, 7) is 13.3. The molecule has 218 valence electrons. The molecular weight excluding hydrogens is 505 g/mol. The summed E-state index contributed by atoms with van der Waals surface area (Å²) < 4.78 is 43.3. The molecule has 0 heterocycles. The van der Waals surface area contributed by atoms with E-state index in [4.69, 9.17) is 4.74 Å². The fraction of sp³-hybridized carbons (Fsp3) is 0.844. The molecule has 4 fully saturated rings. The average Bonchev–Trinajstić information content (AvgIpc) is 2.82. The summed E-state index contributed by atoms with van der Waals surface area (Å²) in [5.74, 6) is -0.443. The molecular formula is C32H45F3O4. The lowest BCUT2D eigenvalue weighted by atomic mass is 9.33. The lowest BCUT2D eigenvalue weighted by Gasteiger charge is -2.69. The lowest BCUT2D eigenvalue weighted by molar-refractivity contribution is -0.198. The van der Waals surface area contributed by atoms with Gasteiger partial charge >= 0.3 is 12.1 Å². The molecule has 7 heteroatoms. The predicted octanol–water partition coefficient (Wildman–Crippen LogP) is 7.64. The van der Waals surface area contributed by atoms with E-state index in [1.807, 2.05) is 6.08 Å². The number of halogens is 3. The van der Waals surface area contributed by atoms with Crippen LogP contribution in [0, 0.1) is 50.2 Å². The van der Waals surface area contributed by atoms with Crippen LogP contribution < -0.4 is 0 Å². The third-order valence-electron chi connectivity index (χ3n) is 13.2. The van der Waals surface area contributed by atoms with Crippen molar-refractivity contribution >= 4 is 17.5 Å². The molecule has 4 nitrogen and oxygen atoms in total. The molecule has 0 amide bonds. The zero-order valence-electron chi connectivity index (χ0n) is 24.6. The van der Waals surface area contributed by atoms with Crippen molar-refractivity contribution in [1.82, 2.24) is 0 Å². The van der Waals surface area contributed by atoms with Crippen molar-refractivity contribution in [2.75, 3.05) is 6.61 Å². The normalized spacial score (nSPS) is 47.2. The van der Waals surface area contributed by atoms with E-state index in [0.717, 1.165) is 37.7 Å². The van der Waals surface area contributed by atoms with Crippen LogP contribution in [-0.2, 0) is 19.1 Å². The number of rotatable bonds is 2. The van der Waals surface area contributed by atoms with E-state index in [9.17, 15) is 27.6 Å². The van der Waals surface area contributed by atoms with Gasteiger partial charge in [-0.3, -0.25) is 14.4 Å². The van der Waals surface area contributed by atoms with Gasteiger partial charge in [0.05, 0.1) is 5.41 Å². The molecule has 0 N–H and O–H groups in total. The van der Waals surface area contributed by atoms with Gasteiger partial charge in [0, 0.05) is 17.8 Å². The Labute approximate surface area is 230 Å². The van der Waals surface area contributed by atoms with E-state index < -0.39 is 29.6 Å². The van der Waals surface area contributed by atoms with Crippen molar-refractivity contribution in [3.8, 4) is 0 Å². The maximum Gasteiger partial charge on any atom is 0.422 e. The van der Waals surface area contributed by atoms with Crippen molar-refractivity contribution in [3.05, 3.63) is 11.6 Å². The minimum absolute atomic E-state index is 0.0648. The number of ether oxygens (including phenoxy) is 1. The Balaban J connectivity index is 1.53.